The second-order valence-corrected chi connectivity index (χ2v) is 1.99. The van der Waals surface area contributed by atoms with E-state index in [0.29, 0.717) is 11.8 Å². The molecule has 0 aromatic heterocycles. The molecule has 0 saturated heterocycles. The van der Waals surface area contributed by atoms with Crippen molar-refractivity contribution in [2.45, 2.75) is 0 Å². The van der Waals surface area contributed by atoms with Gasteiger partial charge in [0.05, 0.1) is 13.2 Å². The second kappa shape index (κ2) is 40.5. The Balaban J connectivity index is -0.0000000389. The van der Waals surface area contributed by atoms with Crippen molar-refractivity contribution in [1.29, 1.82) is 0 Å². The predicted molar refractivity (Wildman–Crippen MR) is 48.5 cm³/mol. The van der Waals surface area contributed by atoms with E-state index in [4.69, 9.17) is 33.4 Å². The fraction of sp³-hybridized carbons (Fsp3) is 1.00. The molecule has 0 spiro atoms. The summed E-state index contributed by atoms with van der Waals surface area (Å²) in [6.45, 7) is -0.250. The standard InChI is InChI=1S/C2H4Cl2.C2H6O2.C2H6O.Ni/c2*3-1-2-4;1-3-2;/h1-2H2;3-4H,1-2H2;1-2H3;. The van der Waals surface area contributed by atoms with Crippen LogP contribution >= 0.6 is 23.2 Å². The number of halogens is 2. The van der Waals surface area contributed by atoms with Crippen LogP contribution in [-0.2, 0) is 21.2 Å². The Labute approximate surface area is 93.9 Å². The average molecular weight is 266 g/mol. The third-order valence-electron chi connectivity index (χ3n) is 0.171. The van der Waals surface area contributed by atoms with E-state index < -0.39 is 0 Å². The molecular weight excluding hydrogens is 250 g/mol. The van der Waals surface area contributed by atoms with Crippen molar-refractivity contribution in [3.8, 4) is 0 Å². The average Bonchev–Trinajstić information content (AvgIpc) is 2.06. The predicted octanol–water partition coefficient (Wildman–Crippen LogP) is 0.695. The normalized spacial score (nSPS) is 6.50. The Morgan fingerprint density at radius 1 is 1.00 bits per heavy atom. The van der Waals surface area contributed by atoms with Crippen molar-refractivity contribution < 1.29 is 31.4 Å². The number of methoxy groups -OCH3 is 1. The number of hydrogen-bond donors (Lipinski definition) is 2. The molecule has 0 aliphatic heterocycles. The van der Waals surface area contributed by atoms with Crippen LogP contribution in [0.4, 0.5) is 0 Å². The van der Waals surface area contributed by atoms with Crippen molar-refractivity contribution in [3.05, 3.63) is 0 Å². The fourth-order valence-corrected chi connectivity index (χ4v) is 0. The first kappa shape index (κ1) is 23.1. The van der Waals surface area contributed by atoms with Crippen molar-refractivity contribution in [3.63, 3.8) is 0 Å². The number of aliphatic hydroxyl groups excluding tert-OH is 2. The minimum absolute atomic E-state index is 0. The zero-order valence-corrected chi connectivity index (χ0v) is 9.70. The Bertz CT molecular complexity index is 36.0. The van der Waals surface area contributed by atoms with Gasteiger partial charge in [-0.3, -0.25) is 0 Å². The maximum Gasteiger partial charge on any atom is 0.0662 e. The first-order valence-electron chi connectivity index (χ1n) is 2.98. The van der Waals surface area contributed by atoms with E-state index in [-0.39, 0.29) is 29.7 Å². The van der Waals surface area contributed by atoms with Crippen LogP contribution in [0.3, 0.4) is 0 Å². The first-order valence-corrected chi connectivity index (χ1v) is 4.05. The summed E-state index contributed by atoms with van der Waals surface area (Å²) < 4.78 is 4.25. The first-order chi connectivity index (χ1) is 5.24. The maximum atomic E-state index is 7.62. The summed E-state index contributed by atoms with van der Waals surface area (Å²) in [5, 5.41) is 15.2. The van der Waals surface area contributed by atoms with Gasteiger partial charge in [0.15, 0.2) is 0 Å². The molecule has 0 radical (unpaired) electrons. The van der Waals surface area contributed by atoms with Crippen LogP contribution in [0.25, 0.3) is 0 Å². The number of ether oxygens (including phenoxy) is 1. The second-order valence-electron chi connectivity index (χ2n) is 1.23. The van der Waals surface area contributed by atoms with Crippen LogP contribution in [0.2, 0.25) is 0 Å². The molecule has 0 heterocycles. The Hall–Kier alpha value is 0.954. The van der Waals surface area contributed by atoms with Crippen molar-refractivity contribution >= 4 is 23.2 Å². The molecule has 0 fully saturated rings. The molecule has 0 aromatic rings. The zero-order chi connectivity index (χ0) is 9.54. The Kier molecular flexibility index (Phi) is 77.9. The van der Waals surface area contributed by atoms with Crippen LogP contribution in [-0.4, -0.2) is 49.4 Å². The molecule has 12 heavy (non-hydrogen) atoms. The molecular formula is C6H16Cl2NiO3. The molecule has 0 saturated carbocycles. The van der Waals surface area contributed by atoms with E-state index >= 15 is 0 Å². The smallest absolute Gasteiger partial charge is 0.0662 e. The largest absolute Gasteiger partial charge is 0.394 e. The van der Waals surface area contributed by atoms with Crippen molar-refractivity contribution in [1.82, 2.24) is 0 Å². The van der Waals surface area contributed by atoms with Gasteiger partial charge in [-0.05, 0) is 0 Å². The quantitative estimate of drug-likeness (QED) is 0.571. The van der Waals surface area contributed by atoms with Gasteiger partial charge in [0.2, 0.25) is 0 Å². The molecule has 0 amide bonds. The molecule has 0 atom stereocenters. The molecule has 0 aliphatic carbocycles. The van der Waals surface area contributed by atoms with E-state index in [9.17, 15) is 0 Å². The van der Waals surface area contributed by atoms with Gasteiger partial charge >= 0.3 is 0 Å². The molecule has 0 bridgehead atoms. The van der Waals surface area contributed by atoms with Crippen LogP contribution in [0.1, 0.15) is 0 Å². The fourth-order valence-electron chi connectivity index (χ4n) is 0. The van der Waals surface area contributed by atoms with Gasteiger partial charge in [0.25, 0.3) is 0 Å². The van der Waals surface area contributed by atoms with Crippen LogP contribution < -0.4 is 0 Å². The van der Waals surface area contributed by atoms with Gasteiger partial charge in [-0.15, -0.1) is 23.2 Å². The molecule has 0 unspecified atom stereocenters. The van der Waals surface area contributed by atoms with Gasteiger partial charge in [0, 0.05) is 42.5 Å². The van der Waals surface area contributed by atoms with Gasteiger partial charge in [-0.2, -0.15) is 0 Å². The molecule has 0 aromatic carbocycles. The minimum atomic E-state index is -0.125. The van der Waals surface area contributed by atoms with E-state index in [2.05, 4.69) is 4.74 Å². The monoisotopic (exact) mass is 264 g/mol. The molecule has 0 aliphatic rings. The van der Waals surface area contributed by atoms with Crippen molar-refractivity contribution in [2.75, 3.05) is 39.2 Å². The van der Waals surface area contributed by atoms with Crippen LogP contribution in [0.15, 0.2) is 0 Å². The van der Waals surface area contributed by atoms with Gasteiger partial charge in [-0.25, -0.2) is 0 Å². The van der Waals surface area contributed by atoms with E-state index in [1.807, 2.05) is 0 Å². The van der Waals surface area contributed by atoms with E-state index in [1.54, 1.807) is 14.2 Å². The maximum absolute atomic E-state index is 7.62. The summed E-state index contributed by atoms with van der Waals surface area (Å²) in [6, 6.07) is 0. The number of aliphatic hydroxyl groups is 2. The van der Waals surface area contributed by atoms with Gasteiger partial charge < -0.3 is 14.9 Å². The molecule has 82 valence electrons. The number of alkyl halides is 2. The van der Waals surface area contributed by atoms with Crippen LogP contribution in [0.5, 0.6) is 0 Å². The topological polar surface area (TPSA) is 49.7 Å². The van der Waals surface area contributed by atoms with Crippen molar-refractivity contribution in [2.24, 2.45) is 0 Å². The minimum Gasteiger partial charge on any atom is -0.394 e. The third kappa shape index (κ3) is 124. The van der Waals surface area contributed by atoms with Gasteiger partial charge in [-0.1, -0.05) is 0 Å². The van der Waals surface area contributed by atoms with Crippen LogP contribution in [0, 0.1) is 0 Å². The third-order valence-corrected chi connectivity index (χ3v) is 0.743. The summed E-state index contributed by atoms with van der Waals surface area (Å²) in [5.41, 5.74) is 0. The summed E-state index contributed by atoms with van der Waals surface area (Å²) in [7, 11) is 3.25. The molecule has 2 N–H and O–H groups in total. The Morgan fingerprint density at radius 3 is 1.17 bits per heavy atom. The summed E-state index contributed by atoms with van der Waals surface area (Å²) in [5.74, 6) is 1.11. The summed E-state index contributed by atoms with van der Waals surface area (Å²) in [4.78, 5) is 0. The summed E-state index contributed by atoms with van der Waals surface area (Å²) in [6.07, 6.45) is 0. The SMILES string of the molecule is COC.ClCCCl.OCCO.[Ni]. The zero-order valence-electron chi connectivity index (χ0n) is 7.20. The molecule has 0 rings (SSSR count). The van der Waals surface area contributed by atoms with E-state index in [1.165, 1.54) is 0 Å². The Morgan fingerprint density at radius 2 is 1.17 bits per heavy atom. The molecule has 3 nitrogen and oxygen atoms in total. The van der Waals surface area contributed by atoms with Gasteiger partial charge in [0.1, 0.15) is 0 Å². The molecule has 6 heteroatoms. The van der Waals surface area contributed by atoms with E-state index in [0.717, 1.165) is 0 Å². The number of rotatable bonds is 2. The number of hydrogen-bond acceptors (Lipinski definition) is 3. The summed E-state index contributed by atoms with van der Waals surface area (Å²) >= 11 is 10.1.